The number of benzene rings is 2. The van der Waals surface area contributed by atoms with E-state index in [9.17, 15) is 17.6 Å². The molecule has 1 N–H and O–H groups in total. The molecule has 0 aliphatic rings. The lowest BCUT2D eigenvalue weighted by atomic mass is 10.2. The van der Waals surface area contributed by atoms with E-state index in [1.807, 2.05) is 0 Å². The zero-order valence-corrected chi connectivity index (χ0v) is 14.9. The van der Waals surface area contributed by atoms with Crippen molar-refractivity contribution >= 4 is 27.5 Å². The van der Waals surface area contributed by atoms with Crippen LogP contribution >= 0.6 is 11.6 Å². The van der Waals surface area contributed by atoms with Gasteiger partial charge in [-0.05, 0) is 25.1 Å². The highest BCUT2D eigenvalue weighted by atomic mass is 35.5. The monoisotopic (exact) mass is 387 g/mol. The molecule has 0 fully saturated rings. The van der Waals surface area contributed by atoms with Gasteiger partial charge in [-0.3, -0.25) is 4.79 Å². The maximum atomic E-state index is 14.2. The first-order valence-electron chi connectivity index (χ1n) is 7.12. The Morgan fingerprint density at radius 2 is 1.84 bits per heavy atom. The Hall–Kier alpha value is -2.32. The Bertz CT molecular complexity index is 901. The van der Waals surface area contributed by atoms with Gasteiger partial charge in [0, 0.05) is 6.07 Å². The van der Waals surface area contributed by atoms with Gasteiger partial charge in [-0.1, -0.05) is 23.7 Å². The SMILES string of the molecule is CCOc1ccccc1Oc1cc(F)c(C(=O)NS(C)(=O)=O)cc1Cl. The smallest absolute Gasteiger partial charge is 0.267 e. The van der Waals surface area contributed by atoms with Crippen LogP contribution < -0.4 is 14.2 Å². The number of para-hydroxylation sites is 2. The molecule has 0 heterocycles. The maximum Gasteiger partial charge on any atom is 0.267 e. The minimum Gasteiger partial charge on any atom is -0.490 e. The van der Waals surface area contributed by atoms with Gasteiger partial charge in [-0.25, -0.2) is 17.5 Å². The first-order valence-corrected chi connectivity index (χ1v) is 9.39. The molecule has 0 spiro atoms. The van der Waals surface area contributed by atoms with Crippen LogP contribution in [0.3, 0.4) is 0 Å². The minimum atomic E-state index is -3.83. The van der Waals surface area contributed by atoms with Crippen molar-refractivity contribution in [3.63, 3.8) is 0 Å². The maximum absolute atomic E-state index is 14.2. The zero-order valence-electron chi connectivity index (χ0n) is 13.4. The van der Waals surface area contributed by atoms with E-state index >= 15 is 0 Å². The molecule has 134 valence electrons. The van der Waals surface area contributed by atoms with Crippen molar-refractivity contribution in [1.82, 2.24) is 4.72 Å². The van der Waals surface area contributed by atoms with E-state index in [1.165, 1.54) is 0 Å². The van der Waals surface area contributed by atoms with E-state index in [2.05, 4.69) is 0 Å². The van der Waals surface area contributed by atoms with Crippen LogP contribution in [0.4, 0.5) is 4.39 Å². The molecule has 0 radical (unpaired) electrons. The Labute approximate surface area is 149 Å². The number of rotatable bonds is 6. The highest BCUT2D eigenvalue weighted by molar-refractivity contribution is 7.89. The Balaban J connectivity index is 2.33. The van der Waals surface area contributed by atoms with Crippen molar-refractivity contribution in [2.45, 2.75) is 6.92 Å². The van der Waals surface area contributed by atoms with Crippen LogP contribution in [0.1, 0.15) is 17.3 Å². The summed E-state index contributed by atoms with van der Waals surface area (Å²) in [5.41, 5.74) is -0.513. The molecule has 0 bridgehead atoms. The van der Waals surface area contributed by atoms with Gasteiger partial charge in [0.15, 0.2) is 11.5 Å². The molecule has 2 aromatic rings. The summed E-state index contributed by atoms with van der Waals surface area (Å²) in [6.07, 6.45) is 0.784. The number of hydrogen-bond donors (Lipinski definition) is 1. The third-order valence-corrected chi connectivity index (χ3v) is 3.76. The summed E-state index contributed by atoms with van der Waals surface area (Å²) in [7, 11) is -3.83. The summed E-state index contributed by atoms with van der Waals surface area (Å²) in [5, 5.41) is -0.0636. The van der Waals surface area contributed by atoms with Gasteiger partial charge in [0.2, 0.25) is 10.0 Å². The highest BCUT2D eigenvalue weighted by Gasteiger charge is 2.19. The average molecular weight is 388 g/mol. The summed E-state index contributed by atoms with van der Waals surface area (Å²) in [6, 6.07) is 8.65. The number of ether oxygens (including phenoxy) is 2. The van der Waals surface area contributed by atoms with E-state index in [0.29, 0.717) is 18.1 Å². The van der Waals surface area contributed by atoms with E-state index in [-0.39, 0.29) is 10.8 Å². The molecule has 6 nitrogen and oxygen atoms in total. The van der Waals surface area contributed by atoms with Crippen LogP contribution in [0.15, 0.2) is 36.4 Å². The predicted molar refractivity (Wildman–Crippen MR) is 91.4 cm³/mol. The summed E-state index contributed by atoms with van der Waals surface area (Å²) in [6.45, 7) is 2.21. The molecule has 2 aromatic carbocycles. The summed E-state index contributed by atoms with van der Waals surface area (Å²) >= 11 is 6.03. The first-order chi connectivity index (χ1) is 11.7. The van der Waals surface area contributed by atoms with Gasteiger partial charge < -0.3 is 9.47 Å². The van der Waals surface area contributed by atoms with Crippen molar-refractivity contribution in [3.05, 3.63) is 52.8 Å². The van der Waals surface area contributed by atoms with Crippen LogP contribution in [-0.2, 0) is 10.0 Å². The Morgan fingerprint density at radius 3 is 2.44 bits per heavy atom. The predicted octanol–water partition coefficient (Wildman–Crippen LogP) is 3.36. The number of halogens is 2. The van der Waals surface area contributed by atoms with Crippen LogP contribution in [0.2, 0.25) is 5.02 Å². The fourth-order valence-corrected chi connectivity index (χ4v) is 2.58. The first kappa shape index (κ1) is 19.0. The second kappa shape index (κ2) is 7.71. The molecule has 0 aliphatic carbocycles. The lowest BCUT2D eigenvalue weighted by Crippen LogP contribution is -2.30. The van der Waals surface area contributed by atoms with E-state index < -0.39 is 27.3 Å². The van der Waals surface area contributed by atoms with Crippen molar-refractivity contribution in [2.24, 2.45) is 0 Å². The number of carbonyl (C=O) groups is 1. The van der Waals surface area contributed by atoms with Crippen LogP contribution in [0.25, 0.3) is 0 Å². The number of carbonyl (C=O) groups excluding carboxylic acids is 1. The lowest BCUT2D eigenvalue weighted by Gasteiger charge is -2.13. The van der Waals surface area contributed by atoms with E-state index in [0.717, 1.165) is 18.4 Å². The number of amides is 1. The highest BCUT2D eigenvalue weighted by Crippen LogP contribution is 2.36. The molecule has 9 heteroatoms. The molecule has 0 unspecified atom stereocenters. The van der Waals surface area contributed by atoms with Gasteiger partial charge in [0.05, 0.1) is 23.4 Å². The molecule has 0 saturated heterocycles. The van der Waals surface area contributed by atoms with Crippen molar-refractivity contribution in [1.29, 1.82) is 0 Å². The lowest BCUT2D eigenvalue weighted by molar-refractivity contribution is 0.0977. The van der Waals surface area contributed by atoms with Crippen LogP contribution in [-0.4, -0.2) is 27.2 Å². The van der Waals surface area contributed by atoms with Crippen LogP contribution in [0, 0.1) is 5.82 Å². The number of nitrogens with one attached hydrogen (secondary N) is 1. The Morgan fingerprint density at radius 1 is 1.20 bits per heavy atom. The summed E-state index contributed by atoms with van der Waals surface area (Å²) in [4.78, 5) is 11.8. The van der Waals surface area contributed by atoms with Gasteiger partial charge in [0.25, 0.3) is 5.91 Å². The molecular weight excluding hydrogens is 373 g/mol. The van der Waals surface area contributed by atoms with Crippen LogP contribution in [0.5, 0.6) is 17.2 Å². The fraction of sp³-hybridized carbons (Fsp3) is 0.188. The quantitative estimate of drug-likeness (QED) is 0.821. The second-order valence-electron chi connectivity index (χ2n) is 4.95. The fourth-order valence-electron chi connectivity index (χ4n) is 1.93. The molecule has 0 aliphatic heterocycles. The molecule has 2 rings (SSSR count). The molecule has 0 atom stereocenters. The number of sulfonamides is 1. The normalized spacial score (nSPS) is 11.0. The van der Waals surface area contributed by atoms with Gasteiger partial charge in [-0.15, -0.1) is 0 Å². The summed E-state index contributed by atoms with van der Waals surface area (Å²) < 4.78 is 49.0. The van der Waals surface area contributed by atoms with Crippen molar-refractivity contribution in [2.75, 3.05) is 12.9 Å². The van der Waals surface area contributed by atoms with Crippen molar-refractivity contribution < 1.29 is 27.1 Å². The van der Waals surface area contributed by atoms with E-state index in [4.69, 9.17) is 21.1 Å². The third kappa shape index (κ3) is 5.07. The third-order valence-electron chi connectivity index (χ3n) is 2.91. The second-order valence-corrected chi connectivity index (χ2v) is 7.10. The average Bonchev–Trinajstić information content (AvgIpc) is 2.51. The molecule has 0 saturated carbocycles. The largest absolute Gasteiger partial charge is 0.490 e. The minimum absolute atomic E-state index is 0.0396. The van der Waals surface area contributed by atoms with E-state index in [1.54, 1.807) is 35.9 Å². The molecule has 25 heavy (non-hydrogen) atoms. The summed E-state index contributed by atoms with van der Waals surface area (Å²) in [5.74, 6) is -1.38. The van der Waals surface area contributed by atoms with Crippen molar-refractivity contribution in [3.8, 4) is 17.2 Å². The zero-order chi connectivity index (χ0) is 18.6. The van der Waals surface area contributed by atoms with Gasteiger partial charge in [-0.2, -0.15) is 0 Å². The number of hydrogen-bond acceptors (Lipinski definition) is 5. The van der Waals surface area contributed by atoms with Gasteiger partial charge in [0.1, 0.15) is 11.6 Å². The van der Waals surface area contributed by atoms with Gasteiger partial charge >= 0.3 is 0 Å². The topological polar surface area (TPSA) is 81.7 Å². The molecule has 1 amide bonds. The molecule has 0 aromatic heterocycles. The standard InChI is InChI=1S/C16H15ClFNO5S/c1-3-23-13-6-4-5-7-14(13)24-15-9-12(18)10(8-11(15)17)16(20)19-25(2,21)22/h4-9H,3H2,1-2H3,(H,19,20). The molecular formula is C16H15ClFNO5S. The Kier molecular flexibility index (Phi) is 5.86.